The first kappa shape index (κ1) is 6.82. The van der Waals surface area contributed by atoms with Crippen LogP contribution in [0.3, 0.4) is 0 Å². The molecule has 0 radical (unpaired) electrons. The SMILES string of the molecule is NC1OCC1C(F)(F)F. The van der Waals surface area contributed by atoms with Crippen LogP contribution >= 0.6 is 0 Å². The first-order valence-electron chi connectivity index (χ1n) is 2.45. The van der Waals surface area contributed by atoms with Crippen molar-refractivity contribution in [2.45, 2.75) is 12.4 Å². The maximum Gasteiger partial charge on any atom is 0.397 e. The summed E-state index contributed by atoms with van der Waals surface area (Å²) in [6, 6.07) is 0. The van der Waals surface area contributed by atoms with E-state index in [9.17, 15) is 13.2 Å². The zero-order valence-electron chi connectivity index (χ0n) is 4.48. The molecular formula is C4H6F3NO. The van der Waals surface area contributed by atoms with Gasteiger partial charge in [0.05, 0.1) is 6.61 Å². The van der Waals surface area contributed by atoms with Crippen LogP contribution in [0.5, 0.6) is 0 Å². The third-order valence-electron chi connectivity index (χ3n) is 1.29. The van der Waals surface area contributed by atoms with Crippen LogP contribution in [0.1, 0.15) is 0 Å². The van der Waals surface area contributed by atoms with Crippen molar-refractivity contribution in [1.29, 1.82) is 0 Å². The smallest absolute Gasteiger partial charge is 0.362 e. The summed E-state index contributed by atoms with van der Waals surface area (Å²) in [6.45, 7) is -0.287. The second-order valence-electron chi connectivity index (χ2n) is 1.95. The zero-order valence-corrected chi connectivity index (χ0v) is 4.48. The van der Waals surface area contributed by atoms with E-state index in [-0.39, 0.29) is 6.61 Å². The van der Waals surface area contributed by atoms with Crippen LogP contribution in [0.15, 0.2) is 0 Å². The normalized spacial score (nSPS) is 36.0. The van der Waals surface area contributed by atoms with Crippen LogP contribution < -0.4 is 5.73 Å². The van der Waals surface area contributed by atoms with Gasteiger partial charge in [0, 0.05) is 0 Å². The first-order chi connectivity index (χ1) is 4.02. The third kappa shape index (κ3) is 1.16. The Kier molecular flexibility index (Phi) is 1.40. The van der Waals surface area contributed by atoms with E-state index in [1.807, 2.05) is 0 Å². The Hall–Kier alpha value is -0.290. The highest BCUT2D eigenvalue weighted by Crippen LogP contribution is 2.34. The van der Waals surface area contributed by atoms with Crippen molar-refractivity contribution in [3.63, 3.8) is 0 Å². The Morgan fingerprint density at radius 1 is 1.44 bits per heavy atom. The molecule has 0 saturated carbocycles. The highest BCUT2D eigenvalue weighted by molar-refractivity contribution is 4.79. The average molecular weight is 141 g/mol. The molecule has 2 N–H and O–H groups in total. The lowest BCUT2D eigenvalue weighted by Gasteiger charge is -2.34. The minimum atomic E-state index is -4.18. The van der Waals surface area contributed by atoms with E-state index >= 15 is 0 Å². The van der Waals surface area contributed by atoms with Crippen LogP contribution in [0.2, 0.25) is 0 Å². The fourth-order valence-electron chi connectivity index (χ4n) is 0.584. The highest BCUT2D eigenvalue weighted by Gasteiger charge is 2.49. The molecule has 1 aliphatic rings. The predicted molar refractivity (Wildman–Crippen MR) is 23.5 cm³/mol. The predicted octanol–water partition coefficient (Wildman–Crippen LogP) is 0.480. The topological polar surface area (TPSA) is 35.2 Å². The number of alkyl halides is 3. The summed E-state index contributed by atoms with van der Waals surface area (Å²) in [5, 5.41) is 0. The summed E-state index contributed by atoms with van der Waals surface area (Å²) < 4.78 is 39.1. The van der Waals surface area contributed by atoms with Crippen LogP contribution in [-0.4, -0.2) is 19.0 Å². The number of hydrogen-bond donors (Lipinski definition) is 1. The molecule has 1 heterocycles. The number of nitrogens with two attached hydrogens (primary N) is 1. The summed E-state index contributed by atoms with van der Waals surface area (Å²) in [6.07, 6.45) is -5.32. The van der Waals surface area contributed by atoms with Gasteiger partial charge in [0.1, 0.15) is 12.1 Å². The fraction of sp³-hybridized carbons (Fsp3) is 1.00. The van der Waals surface area contributed by atoms with Gasteiger partial charge in [0.15, 0.2) is 0 Å². The third-order valence-corrected chi connectivity index (χ3v) is 1.29. The van der Waals surface area contributed by atoms with Crippen LogP contribution in [-0.2, 0) is 4.74 Å². The van der Waals surface area contributed by atoms with Gasteiger partial charge in [-0.05, 0) is 0 Å². The molecule has 0 bridgehead atoms. The Morgan fingerprint density at radius 3 is 2.00 bits per heavy atom. The Bertz CT molecular complexity index is 113. The zero-order chi connectivity index (χ0) is 7.07. The maximum absolute atomic E-state index is 11.6. The molecule has 1 saturated heterocycles. The van der Waals surface area contributed by atoms with Crippen LogP contribution in [0.25, 0.3) is 0 Å². The molecule has 1 aliphatic heterocycles. The molecule has 0 aromatic rings. The minimum Gasteiger partial charge on any atom is -0.362 e. The number of ether oxygens (including phenoxy) is 1. The van der Waals surface area contributed by atoms with Gasteiger partial charge >= 0.3 is 6.18 Å². The molecule has 54 valence electrons. The summed E-state index contributed by atoms with van der Waals surface area (Å²) in [5.41, 5.74) is 4.87. The lowest BCUT2D eigenvalue weighted by atomic mass is 10.1. The number of halogens is 3. The number of rotatable bonds is 0. The summed E-state index contributed by atoms with van der Waals surface area (Å²) in [5.74, 6) is -1.45. The van der Waals surface area contributed by atoms with Crippen molar-refractivity contribution in [3.05, 3.63) is 0 Å². The van der Waals surface area contributed by atoms with Crippen molar-refractivity contribution in [2.24, 2.45) is 11.7 Å². The van der Waals surface area contributed by atoms with Crippen molar-refractivity contribution in [1.82, 2.24) is 0 Å². The summed E-state index contributed by atoms with van der Waals surface area (Å²) >= 11 is 0. The van der Waals surface area contributed by atoms with Gasteiger partial charge in [-0.2, -0.15) is 13.2 Å². The molecule has 2 unspecified atom stereocenters. The van der Waals surface area contributed by atoms with Crippen molar-refractivity contribution in [2.75, 3.05) is 6.61 Å². The monoisotopic (exact) mass is 141 g/mol. The second-order valence-corrected chi connectivity index (χ2v) is 1.95. The molecule has 0 aliphatic carbocycles. The Labute approximate surface area is 49.8 Å². The molecule has 0 spiro atoms. The molecule has 1 fully saturated rings. The van der Waals surface area contributed by atoms with Gasteiger partial charge < -0.3 is 10.5 Å². The lowest BCUT2D eigenvalue weighted by molar-refractivity contribution is -0.271. The fourth-order valence-corrected chi connectivity index (χ4v) is 0.584. The van der Waals surface area contributed by atoms with Gasteiger partial charge in [-0.3, -0.25) is 0 Å². The van der Waals surface area contributed by atoms with E-state index < -0.39 is 18.3 Å². The van der Waals surface area contributed by atoms with Gasteiger partial charge in [-0.1, -0.05) is 0 Å². The van der Waals surface area contributed by atoms with Crippen LogP contribution in [0, 0.1) is 5.92 Å². The van der Waals surface area contributed by atoms with Crippen LogP contribution in [0.4, 0.5) is 13.2 Å². The van der Waals surface area contributed by atoms with E-state index in [0.29, 0.717) is 0 Å². The minimum absolute atomic E-state index is 0.287. The summed E-state index contributed by atoms with van der Waals surface area (Å²) in [4.78, 5) is 0. The standard InChI is InChI=1S/C4H6F3NO/c5-4(6,7)2-1-9-3(2)8/h2-3H,1,8H2. The Morgan fingerprint density at radius 2 is 2.00 bits per heavy atom. The van der Waals surface area contributed by atoms with Crippen molar-refractivity contribution < 1.29 is 17.9 Å². The Balaban J connectivity index is 2.44. The lowest BCUT2D eigenvalue weighted by Crippen LogP contribution is -2.53. The highest BCUT2D eigenvalue weighted by atomic mass is 19.4. The molecule has 5 heteroatoms. The quantitative estimate of drug-likeness (QED) is 0.532. The second kappa shape index (κ2) is 1.85. The number of hydrogen-bond acceptors (Lipinski definition) is 2. The molecule has 2 nitrogen and oxygen atoms in total. The first-order valence-corrected chi connectivity index (χ1v) is 2.45. The van der Waals surface area contributed by atoms with E-state index in [1.165, 1.54) is 0 Å². The largest absolute Gasteiger partial charge is 0.397 e. The molecule has 2 atom stereocenters. The van der Waals surface area contributed by atoms with Crippen molar-refractivity contribution >= 4 is 0 Å². The van der Waals surface area contributed by atoms with Gasteiger partial charge in [-0.25, -0.2) is 0 Å². The molecular weight excluding hydrogens is 135 g/mol. The van der Waals surface area contributed by atoms with E-state index in [0.717, 1.165) is 0 Å². The molecule has 0 aromatic heterocycles. The van der Waals surface area contributed by atoms with Gasteiger partial charge in [-0.15, -0.1) is 0 Å². The average Bonchev–Trinajstić information content (AvgIpc) is 1.57. The molecule has 0 aromatic carbocycles. The van der Waals surface area contributed by atoms with E-state index in [1.54, 1.807) is 0 Å². The molecule has 0 amide bonds. The summed E-state index contributed by atoms with van der Waals surface area (Å²) in [7, 11) is 0. The molecule has 1 rings (SSSR count). The van der Waals surface area contributed by atoms with Crippen molar-refractivity contribution in [3.8, 4) is 0 Å². The van der Waals surface area contributed by atoms with Gasteiger partial charge in [0.2, 0.25) is 0 Å². The molecule has 9 heavy (non-hydrogen) atoms. The van der Waals surface area contributed by atoms with E-state index in [2.05, 4.69) is 4.74 Å². The maximum atomic E-state index is 11.6. The van der Waals surface area contributed by atoms with E-state index in [4.69, 9.17) is 5.73 Å². The van der Waals surface area contributed by atoms with Gasteiger partial charge in [0.25, 0.3) is 0 Å².